The number of nitrogens with two attached hydrogens (primary N) is 1. The summed E-state index contributed by atoms with van der Waals surface area (Å²) in [5.41, 5.74) is 0. The van der Waals surface area contributed by atoms with Gasteiger partial charge in [0.25, 0.3) is 0 Å². The molecule has 76 valence electrons. The maximum Gasteiger partial charge on any atom is 0.0257 e. The fourth-order valence-electron chi connectivity index (χ4n) is 2.55. The summed E-state index contributed by atoms with van der Waals surface area (Å²) in [4.78, 5) is 2.64. The molecule has 3 nitrogen and oxygen atoms in total. The molecule has 0 aromatic carbocycles. The molecule has 1 aliphatic carbocycles. The second-order valence-corrected chi connectivity index (χ2v) is 4.36. The highest BCUT2D eigenvalue weighted by Gasteiger charge is 2.23. The van der Waals surface area contributed by atoms with Gasteiger partial charge in [-0.1, -0.05) is 19.3 Å². The first kappa shape index (κ1) is 9.44. The number of piperazine rings is 1. The Bertz CT molecular complexity index is 146. The number of hydrogen-bond acceptors (Lipinski definition) is 3. The molecule has 1 saturated heterocycles. The predicted molar refractivity (Wildman–Crippen MR) is 54.2 cm³/mol. The molecule has 1 heterocycles. The number of hydrogen-bond donors (Lipinski definition) is 1. The van der Waals surface area contributed by atoms with E-state index in [-0.39, 0.29) is 0 Å². The monoisotopic (exact) mass is 183 g/mol. The van der Waals surface area contributed by atoms with Gasteiger partial charge in [-0.25, -0.2) is 5.01 Å². The van der Waals surface area contributed by atoms with E-state index in [0.717, 1.165) is 19.1 Å². The molecule has 1 aliphatic heterocycles. The second kappa shape index (κ2) is 4.40. The molecule has 0 unspecified atom stereocenters. The van der Waals surface area contributed by atoms with Gasteiger partial charge in [0.2, 0.25) is 0 Å². The van der Waals surface area contributed by atoms with Gasteiger partial charge in [-0.3, -0.25) is 10.7 Å². The van der Waals surface area contributed by atoms with Crippen LogP contribution in [-0.4, -0.2) is 42.1 Å². The van der Waals surface area contributed by atoms with Gasteiger partial charge >= 0.3 is 0 Å². The summed E-state index contributed by atoms with van der Waals surface area (Å²) in [6, 6.07) is 0.877. The van der Waals surface area contributed by atoms with Crippen molar-refractivity contribution in [1.82, 2.24) is 9.91 Å². The van der Waals surface area contributed by atoms with Crippen LogP contribution in [0.15, 0.2) is 0 Å². The minimum absolute atomic E-state index is 0.877. The molecule has 2 aliphatic rings. The molecule has 2 N–H and O–H groups in total. The van der Waals surface area contributed by atoms with Crippen molar-refractivity contribution in [2.75, 3.05) is 26.2 Å². The fourth-order valence-corrected chi connectivity index (χ4v) is 2.55. The SMILES string of the molecule is NN1CCN(C2CCCCC2)CC1. The molecular weight excluding hydrogens is 162 g/mol. The van der Waals surface area contributed by atoms with Gasteiger partial charge in [0.15, 0.2) is 0 Å². The van der Waals surface area contributed by atoms with Crippen LogP contribution in [0.5, 0.6) is 0 Å². The Kier molecular flexibility index (Phi) is 3.19. The van der Waals surface area contributed by atoms with Crippen LogP contribution in [0.1, 0.15) is 32.1 Å². The Morgan fingerprint density at radius 1 is 0.846 bits per heavy atom. The average Bonchev–Trinajstić information content (AvgIpc) is 2.20. The number of rotatable bonds is 1. The first-order valence-corrected chi connectivity index (χ1v) is 5.60. The molecule has 0 bridgehead atoms. The lowest BCUT2D eigenvalue weighted by Crippen LogP contribution is -2.52. The van der Waals surface area contributed by atoms with Gasteiger partial charge in [-0.05, 0) is 12.8 Å². The lowest BCUT2D eigenvalue weighted by atomic mass is 9.94. The van der Waals surface area contributed by atoms with Crippen molar-refractivity contribution in [3.63, 3.8) is 0 Å². The third kappa shape index (κ3) is 2.42. The second-order valence-electron chi connectivity index (χ2n) is 4.36. The Morgan fingerprint density at radius 2 is 1.46 bits per heavy atom. The van der Waals surface area contributed by atoms with Gasteiger partial charge in [0.1, 0.15) is 0 Å². The summed E-state index contributed by atoms with van der Waals surface area (Å²) >= 11 is 0. The van der Waals surface area contributed by atoms with Crippen LogP contribution in [0, 0.1) is 0 Å². The van der Waals surface area contributed by atoms with E-state index in [1.54, 1.807) is 0 Å². The van der Waals surface area contributed by atoms with Crippen molar-refractivity contribution in [1.29, 1.82) is 0 Å². The van der Waals surface area contributed by atoms with Crippen LogP contribution >= 0.6 is 0 Å². The highest BCUT2D eigenvalue weighted by Crippen LogP contribution is 2.22. The first-order valence-electron chi connectivity index (χ1n) is 5.60. The summed E-state index contributed by atoms with van der Waals surface area (Å²) in [6.45, 7) is 4.47. The maximum atomic E-state index is 5.73. The van der Waals surface area contributed by atoms with E-state index in [0.29, 0.717) is 0 Å². The van der Waals surface area contributed by atoms with Gasteiger partial charge in [0, 0.05) is 32.2 Å². The molecule has 3 heteroatoms. The Labute approximate surface area is 80.8 Å². The van der Waals surface area contributed by atoms with Crippen LogP contribution < -0.4 is 5.84 Å². The summed E-state index contributed by atoms with van der Waals surface area (Å²) in [5, 5.41) is 1.94. The van der Waals surface area contributed by atoms with Gasteiger partial charge in [-0.2, -0.15) is 0 Å². The van der Waals surface area contributed by atoms with E-state index >= 15 is 0 Å². The Balaban J connectivity index is 1.79. The third-order valence-corrected chi connectivity index (χ3v) is 3.44. The molecule has 0 radical (unpaired) electrons. The highest BCUT2D eigenvalue weighted by atomic mass is 15.4. The molecule has 0 atom stereocenters. The van der Waals surface area contributed by atoms with Crippen LogP contribution in [0.4, 0.5) is 0 Å². The molecular formula is C10H21N3. The van der Waals surface area contributed by atoms with Gasteiger partial charge in [-0.15, -0.1) is 0 Å². The molecule has 0 aromatic heterocycles. The minimum atomic E-state index is 0.877. The van der Waals surface area contributed by atoms with E-state index in [1.807, 2.05) is 5.01 Å². The van der Waals surface area contributed by atoms with Crippen molar-refractivity contribution in [3.05, 3.63) is 0 Å². The lowest BCUT2D eigenvalue weighted by Gasteiger charge is -2.39. The normalized spacial score (nSPS) is 29.3. The van der Waals surface area contributed by atoms with E-state index in [2.05, 4.69) is 4.90 Å². The van der Waals surface area contributed by atoms with Gasteiger partial charge < -0.3 is 0 Å². The molecule has 0 amide bonds. The van der Waals surface area contributed by atoms with Crippen LogP contribution in [0.25, 0.3) is 0 Å². The molecule has 1 saturated carbocycles. The summed E-state index contributed by atoms with van der Waals surface area (Å²) in [7, 11) is 0. The van der Waals surface area contributed by atoms with Crippen LogP contribution in [0.2, 0.25) is 0 Å². The third-order valence-electron chi connectivity index (χ3n) is 3.44. The fraction of sp³-hybridized carbons (Fsp3) is 1.00. The standard InChI is InChI=1S/C10H21N3/c11-13-8-6-12(7-9-13)10-4-2-1-3-5-10/h10H,1-9,11H2. The summed E-state index contributed by atoms with van der Waals surface area (Å²) < 4.78 is 0. The maximum absolute atomic E-state index is 5.73. The quantitative estimate of drug-likeness (QED) is 0.611. The number of hydrazine groups is 1. The van der Waals surface area contributed by atoms with E-state index in [4.69, 9.17) is 5.84 Å². The van der Waals surface area contributed by atoms with Gasteiger partial charge in [0.05, 0.1) is 0 Å². The van der Waals surface area contributed by atoms with Crippen molar-refractivity contribution in [2.24, 2.45) is 5.84 Å². The topological polar surface area (TPSA) is 32.5 Å². The summed E-state index contributed by atoms with van der Waals surface area (Å²) in [6.07, 6.45) is 7.17. The Hall–Kier alpha value is -0.120. The van der Waals surface area contributed by atoms with E-state index in [9.17, 15) is 0 Å². The zero-order valence-electron chi connectivity index (χ0n) is 8.41. The van der Waals surface area contributed by atoms with Crippen molar-refractivity contribution in [2.45, 2.75) is 38.1 Å². The zero-order chi connectivity index (χ0) is 9.10. The highest BCUT2D eigenvalue weighted by molar-refractivity contribution is 4.79. The molecule has 13 heavy (non-hydrogen) atoms. The van der Waals surface area contributed by atoms with E-state index < -0.39 is 0 Å². The predicted octanol–water partition coefficient (Wildman–Crippen LogP) is 0.810. The van der Waals surface area contributed by atoms with Crippen LogP contribution in [-0.2, 0) is 0 Å². The Morgan fingerprint density at radius 3 is 2.08 bits per heavy atom. The van der Waals surface area contributed by atoms with E-state index in [1.165, 1.54) is 45.2 Å². The van der Waals surface area contributed by atoms with Crippen molar-refractivity contribution in [3.8, 4) is 0 Å². The van der Waals surface area contributed by atoms with Crippen molar-refractivity contribution >= 4 is 0 Å². The van der Waals surface area contributed by atoms with Crippen LogP contribution in [0.3, 0.4) is 0 Å². The smallest absolute Gasteiger partial charge is 0.0257 e. The average molecular weight is 183 g/mol. The number of nitrogens with zero attached hydrogens (tertiary/aromatic N) is 2. The summed E-state index contributed by atoms with van der Waals surface area (Å²) in [5.74, 6) is 5.73. The molecule has 2 rings (SSSR count). The van der Waals surface area contributed by atoms with Crippen molar-refractivity contribution < 1.29 is 0 Å². The zero-order valence-corrected chi connectivity index (χ0v) is 8.41. The molecule has 0 aromatic rings. The molecule has 0 spiro atoms. The molecule has 2 fully saturated rings. The minimum Gasteiger partial charge on any atom is -0.298 e. The first-order chi connectivity index (χ1) is 6.36. The largest absolute Gasteiger partial charge is 0.298 e. The lowest BCUT2D eigenvalue weighted by molar-refractivity contribution is 0.0793.